The summed E-state index contributed by atoms with van der Waals surface area (Å²) in [6, 6.07) is 11.8. The van der Waals surface area contributed by atoms with E-state index < -0.39 is 0 Å². The van der Waals surface area contributed by atoms with Gasteiger partial charge in [0.25, 0.3) is 0 Å². The van der Waals surface area contributed by atoms with Gasteiger partial charge in [0.05, 0.1) is 28.4 Å². The van der Waals surface area contributed by atoms with Crippen LogP contribution in [0.4, 0.5) is 0 Å². The van der Waals surface area contributed by atoms with Gasteiger partial charge in [-0.3, -0.25) is 9.78 Å². The first kappa shape index (κ1) is 16.3. The molecule has 130 valence electrons. The SMILES string of the molecule is CC[C@@H](C)C(=O)Oc1ccn2c1-c1c(nc3ccccc3c1C#N)CC2. The highest BCUT2D eigenvalue weighted by atomic mass is 16.5. The summed E-state index contributed by atoms with van der Waals surface area (Å²) in [4.78, 5) is 17.1. The number of nitriles is 1. The topological polar surface area (TPSA) is 67.9 Å². The lowest BCUT2D eigenvalue weighted by molar-refractivity contribution is -0.138. The molecule has 5 heteroatoms. The Morgan fingerprint density at radius 3 is 2.96 bits per heavy atom. The molecule has 3 aromatic rings. The Labute approximate surface area is 151 Å². The highest BCUT2D eigenvalue weighted by Crippen LogP contribution is 2.41. The van der Waals surface area contributed by atoms with Crippen molar-refractivity contribution in [1.29, 1.82) is 5.26 Å². The van der Waals surface area contributed by atoms with Gasteiger partial charge in [0, 0.05) is 30.1 Å². The normalized spacial score (nSPS) is 13.6. The second-order valence-corrected chi connectivity index (χ2v) is 6.64. The van der Waals surface area contributed by atoms with Gasteiger partial charge in [-0.25, -0.2) is 0 Å². The number of hydrogen-bond donors (Lipinski definition) is 0. The monoisotopic (exact) mass is 345 g/mol. The van der Waals surface area contributed by atoms with Crippen LogP contribution in [0.25, 0.3) is 22.2 Å². The lowest BCUT2D eigenvalue weighted by Crippen LogP contribution is -2.18. The van der Waals surface area contributed by atoms with Crippen molar-refractivity contribution in [3.05, 3.63) is 47.8 Å². The van der Waals surface area contributed by atoms with Crippen LogP contribution in [0.3, 0.4) is 0 Å². The zero-order chi connectivity index (χ0) is 18.3. The molecular formula is C21H19N3O2. The molecule has 0 saturated heterocycles. The molecule has 26 heavy (non-hydrogen) atoms. The molecule has 0 spiro atoms. The van der Waals surface area contributed by atoms with Crippen molar-refractivity contribution in [1.82, 2.24) is 9.55 Å². The predicted molar refractivity (Wildman–Crippen MR) is 98.7 cm³/mol. The Morgan fingerprint density at radius 2 is 2.19 bits per heavy atom. The number of ether oxygens (including phenoxy) is 1. The van der Waals surface area contributed by atoms with Crippen LogP contribution in [-0.2, 0) is 17.8 Å². The van der Waals surface area contributed by atoms with E-state index in [1.807, 2.05) is 48.9 Å². The number of para-hydroxylation sites is 1. The third-order valence-corrected chi connectivity index (χ3v) is 5.06. The standard InChI is InChI=1S/C21H19N3O2/c1-3-13(2)21(25)26-18-9-11-24-10-8-17-19(20(18)24)15(12-22)14-6-4-5-7-16(14)23-17/h4-7,9,11,13H,3,8,10H2,1-2H3/t13-/m1/s1. The van der Waals surface area contributed by atoms with Crippen molar-refractivity contribution in [3.8, 4) is 23.1 Å². The number of aromatic nitrogens is 2. The maximum Gasteiger partial charge on any atom is 0.314 e. The van der Waals surface area contributed by atoms with E-state index in [-0.39, 0.29) is 11.9 Å². The minimum atomic E-state index is -0.249. The first-order valence-electron chi connectivity index (χ1n) is 8.87. The van der Waals surface area contributed by atoms with Crippen LogP contribution >= 0.6 is 0 Å². The molecule has 0 bridgehead atoms. The van der Waals surface area contributed by atoms with Crippen molar-refractivity contribution >= 4 is 16.9 Å². The summed E-state index contributed by atoms with van der Waals surface area (Å²) in [6.45, 7) is 4.56. The summed E-state index contributed by atoms with van der Waals surface area (Å²) < 4.78 is 7.72. The van der Waals surface area contributed by atoms with Crippen molar-refractivity contribution in [2.75, 3.05) is 0 Å². The lowest BCUT2D eigenvalue weighted by Gasteiger charge is -2.22. The number of hydrogen-bond acceptors (Lipinski definition) is 4. The van der Waals surface area contributed by atoms with E-state index in [4.69, 9.17) is 9.72 Å². The van der Waals surface area contributed by atoms with Gasteiger partial charge >= 0.3 is 5.97 Å². The average molecular weight is 345 g/mol. The average Bonchev–Trinajstić information content (AvgIpc) is 3.08. The molecule has 0 aliphatic carbocycles. The Balaban J connectivity index is 1.92. The molecule has 3 heterocycles. The summed E-state index contributed by atoms with van der Waals surface area (Å²) in [6.07, 6.45) is 3.38. The summed E-state index contributed by atoms with van der Waals surface area (Å²) in [7, 11) is 0. The number of carbonyl (C=O) groups is 1. The van der Waals surface area contributed by atoms with Crippen LogP contribution < -0.4 is 4.74 Å². The highest BCUT2D eigenvalue weighted by Gasteiger charge is 2.28. The van der Waals surface area contributed by atoms with Gasteiger partial charge in [-0.15, -0.1) is 0 Å². The largest absolute Gasteiger partial charge is 0.424 e. The molecule has 0 N–H and O–H groups in total. The second-order valence-electron chi connectivity index (χ2n) is 6.64. The van der Waals surface area contributed by atoms with Crippen LogP contribution in [-0.4, -0.2) is 15.5 Å². The molecule has 1 aromatic carbocycles. The highest BCUT2D eigenvalue weighted by molar-refractivity contribution is 5.94. The Kier molecular flexibility index (Phi) is 3.96. The number of pyridine rings is 1. The van der Waals surface area contributed by atoms with E-state index in [1.165, 1.54) is 0 Å². The molecular weight excluding hydrogens is 326 g/mol. The van der Waals surface area contributed by atoms with Gasteiger partial charge in [-0.1, -0.05) is 32.0 Å². The summed E-state index contributed by atoms with van der Waals surface area (Å²) in [5, 5.41) is 10.7. The molecule has 0 fully saturated rings. The molecule has 2 aromatic heterocycles. The minimum absolute atomic E-state index is 0.168. The number of esters is 1. The van der Waals surface area contributed by atoms with E-state index >= 15 is 0 Å². The fraction of sp³-hybridized carbons (Fsp3) is 0.286. The molecule has 1 atom stereocenters. The zero-order valence-electron chi connectivity index (χ0n) is 14.8. The van der Waals surface area contributed by atoms with E-state index in [0.717, 1.165) is 47.2 Å². The number of nitrogens with zero attached hydrogens (tertiary/aromatic N) is 3. The van der Waals surface area contributed by atoms with Crippen molar-refractivity contribution < 1.29 is 9.53 Å². The van der Waals surface area contributed by atoms with Gasteiger partial charge < -0.3 is 9.30 Å². The number of benzene rings is 1. The molecule has 0 radical (unpaired) electrons. The fourth-order valence-corrected chi connectivity index (χ4v) is 3.41. The van der Waals surface area contributed by atoms with Crippen molar-refractivity contribution in [2.45, 2.75) is 33.2 Å². The third-order valence-electron chi connectivity index (χ3n) is 5.06. The van der Waals surface area contributed by atoms with Crippen LogP contribution in [0, 0.1) is 17.2 Å². The third kappa shape index (κ3) is 2.46. The molecule has 1 aliphatic rings. The zero-order valence-corrected chi connectivity index (χ0v) is 14.8. The van der Waals surface area contributed by atoms with Crippen LogP contribution in [0.15, 0.2) is 36.5 Å². The lowest BCUT2D eigenvalue weighted by atomic mass is 9.95. The maximum absolute atomic E-state index is 12.3. The van der Waals surface area contributed by atoms with E-state index in [0.29, 0.717) is 11.3 Å². The molecule has 5 nitrogen and oxygen atoms in total. The smallest absolute Gasteiger partial charge is 0.314 e. The Morgan fingerprint density at radius 1 is 1.38 bits per heavy atom. The van der Waals surface area contributed by atoms with E-state index in [1.54, 1.807) is 6.07 Å². The van der Waals surface area contributed by atoms with Crippen LogP contribution in [0.1, 0.15) is 31.5 Å². The minimum Gasteiger partial charge on any atom is -0.424 e. The van der Waals surface area contributed by atoms with E-state index in [9.17, 15) is 10.1 Å². The molecule has 4 rings (SSSR count). The summed E-state index contributed by atoms with van der Waals surface area (Å²) >= 11 is 0. The number of carbonyl (C=O) groups excluding carboxylic acids is 1. The maximum atomic E-state index is 12.3. The fourth-order valence-electron chi connectivity index (χ4n) is 3.41. The van der Waals surface area contributed by atoms with Crippen molar-refractivity contribution in [2.24, 2.45) is 5.92 Å². The molecule has 0 amide bonds. The number of fused-ring (bicyclic) bond motifs is 4. The van der Waals surface area contributed by atoms with Gasteiger partial charge in [-0.05, 0) is 18.6 Å². The molecule has 0 saturated carbocycles. The quantitative estimate of drug-likeness (QED) is 0.671. The second kappa shape index (κ2) is 6.30. The van der Waals surface area contributed by atoms with Crippen molar-refractivity contribution in [3.63, 3.8) is 0 Å². The summed E-state index contributed by atoms with van der Waals surface area (Å²) in [5.74, 6) is 0.0875. The van der Waals surface area contributed by atoms with Gasteiger partial charge in [-0.2, -0.15) is 5.26 Å². The van der Waals surface area contributed by atoms with Gasteiger partial charge in [0.2, 0.25) is 0 Å². The molecule has 1 aliphatic heterocycles. The predicted octanol–water partition coefficient (Wildman–Crippen LogP) is 4.08. The van der Waals surface area contributed by atoms with Crippen LogP contribution in [0.2, 0.25) is 0 Å². The van der Waals surface area contributed by atoms with Gasteiger partial charge in [0.1, 0.15) is 6.07 Å². The van der Waals surface area contributed by atoms with Crippen LogP contribution in [0.5, 0.6) is 5.75 Å². The molecule has 0 unspecified atom stereocenters. The summed E-state index contributed by atoms with van der Waals surface area (Å²) in [5.41, 5.74) is 3.85. The number of aryl methyl sites for hydroxylation is 2. The Bertz CT molecular complexity index is 1060. The van der Waals surface area contributed by atoms with Gasteiger partial charge in [0.15, 0.2) is 5.75 Å². The Hall–Kier alpha value is -3.13. The van der Waals surface area contributed by atoms with E-state index in [2.05, 4.69) is 6.07 Å². The first-order chi connectivity index (χ1) is 12.6. The first-order valence-corrected chi connectivity index (χ1v) is 8.87. The number of rotatable bonds is 3.